The second-order valence-corrected chi connectivity index (χ2v) is 9.80. The number of rotatable bonds is 6. The summed E-state index contributed by atoms with van der Waals surface area (Å²) in [7, 11) is -2.45. The van der Waals surface area contributed by atoms with E-state index in [1.165, 1.54) is 31.3 Å². The Morgan fingerprint density at radius 1 is 1.03 bits per heavy atom. The second kappa shape index (κ2) is 9.22. The van der Waals surface area contributed by atoms with Crippen LogP contribution in [0.15, 0.2) is 77.7 Å². The minimum absolute atomic E-state index is 0.0193. The molecular weight excluding hydrogens is 464 g/mol. The van der Waals surface area contributed by atoms with Gasteiger partial charge in [0.1, 0.15) is 11.6 Å². The first-order valence-electron chi connectivity index (χ1n) is 10.4. The summed E-state index contributed by atoms with van der Waals surface area (Å²) in [6.45, 7) is -0.0814. The fraction of sp³-hybridized carbons (Fsp3) is 0.167. The molecule has 0 radical (unpaired) electrons. The minimum atomic E-state index is -3.88. The van der Waals surface area contributed by atoms with Gasteiger partial charge in [0, 0.05) is 31.8 Å². The molecule has 3 aromatic carbocycles. The first-order valence-corrected chi connectivity index (χ1v) is 11.8. The zero-order chi connectivity index (χ0) is 24.5. The number of benzene rings is 3. The van der Waals surface area contributed by atoms with Crippen molar-refractivity contribution in [3.63, 3.8) is 0 Å². The lowest BCUT2D eigenvalue weighted by Gasteiger charge is -2.20. The number of nitrogens with one attached hydrogen (secondary N) is 1. The third kappa shape index (κ3) is 4.62. The molecular formula is C24H21F2N3O4S. The largest absolute Gasteiger partial charge is 0.326 e. The van der Waals surface area contributed by atoms with Crippen LogP contribution in [0.2, 0.25) is 0 Å². The van der Waals surface area contributed by atoms with Crippen molar-refractivity contribution in [2.24, 2.45) is 5.92 Å². The summed E-state index contributed by atoms with van der Waals surface area (Å²) >= 11 is 0. The summed E-state index contributed by atoms with van der Waals surface area (Å²) in [5, 5.41) is 2.64. The smallest absolute Gasteiger partial charge is 0.264 e. The van der Waals surface area contributed by atoms with Gasteiger partial charge in [-0.15, -0.1) is 0 Å². The summed E-state index contributed by atoms with van der Waals surface area (Å²) in [6.07, 6.45) is -0.155. The Balaban J connectivity index is 1.49. The van der Waals surface area contributed by atoms with Crippen molar-refractivity contribution >= 4 is 38.9 Å². The molecule has 0 saturated carbocycles. The molecule has 1 fully saturated rings. The van der Waals surface area contributed by atoms with E-state index in [-0.39, 0.29) is 29.2 Å². The van der Waals surface area contributed by atoms with E-state index < -0.39 is 39.4 Å². The number of carbonyl (C=O) groups is 2. The molecule has 7 nitrogen and oxygen atoms in total. The zero-order valence-corrected chi connectivity index (χ0v) is 18.9. The highest BCUT2D eigenvalue weighted by molar-refractivity contribution is 7.92. The van der Waals surface area contributed by atoms with Gasteiger partial charge < -0.3 is 10.2 Å². The molecule has 1 aliphatic rings. The van der Waals surface area contributed by atoms with Gasteiger partial charge in [-0.1, -0.05) is 24.3 Å². The van der Waals surface area contributed by atoms with Gasteiger partial charge in [-0.25, -0.2) is 17.2 Å². The standard InChI is InChI=1S/C24H21F2N3O4S/c1-28(19-7-3-2-4-8-19)34(32,33)20-9-5-6-18(14-20)27-24(31)16-12-23(30)29(15-16)22-11-10-17(25)13-21(22)26/h2-11,13-14,16H,12,15H2,1H3,(H,27,31). The lowest BCUT2D eigenvalue weighted by Crippen LogP contribution is -2.29. The molecule has 1 unspecified atom stereocenters. The Morgan fingerprint density at radius 2 is 1.76 bits per heavy atom. The van der Waals surface area contributed by atoms with E-state index in [1.54, 1.807) is 30.3 Å². The number of nitrogens with zero attached hydrogens (tertiary/aromatic N) is 2. The van der Waals surface area contributed by atoms with Crippen molar-refractivity contribution < 1.29 is 26.8 Å². The number of hydrogen-bond donors (Lipinski definition) is 1. The maximum Gasteiger partial charge on any atom is 0.264 e. The monoisotopic (exact) mass is 485 g/mol. The number of hydrogen-bond acceptors (Lipinski definition) is 4. The molecule has 176 valence electrons. The van der Waals surface area contributed by atoms with E-state index in [0.29, 0.717) is 11.8 Å². The van der Waals surface area contributed by atoms with E-state index in [1.807, 2.05) is 0 Å². The molecule has 0 aromatic heterocycles. The fourth-order valence-corrected chi connectivity index (χ4v) is 4.97. The van der Waals surface area contributed by atoms with Crippen molar-refractivity contribution in [2.75, 3.05) is 28.1 Å². The molecule has 3 aromatic rings. The summed E-state index contributed by atoms with van der Waals surface area (Å²) in [5.74, 6) is -3.43. The van der Waals surface area contributed by atoms with Crippen molar-refractivity contribution in [1.82, 2.24) is 0 Å². The number of halogens is 2. The average Bonchev–Trinajstić information content (AvgIpc) is 3.21. The van der Waals surface area contributed by atoms with Gasteiger partial charge in [-0.05, 0) is 42.5 Å². The Hall–Kier alpha value is -3.79. The van der Waals surface area contributed by atoms with Crippen LogP contribution in [0.5, 0.6) is 0 Å². The molecule has 1 atom stereocenters. The topological polar surface area (TPSA) is 86.8 Å². The van der Waals surface area contributed by atoms with Crippen LogP contribution in [0.3, 0.4) is 0 Å². The van der Waals surface area contributed by atoms with Gasteiger partial charge in [-0.2, -0.15) is 0 Å². The lowest BCUT2D eigenvalue weighted by atomic mass is 10.1. The first kappa shape index (κ1) is 23.4. The molecule has 2 amide bonds. The summed E-state index contributed by atoms with van der Waals surface area (Å²) in [4.78, 5) is 26.3. The summed E-state index contributed by atoms with van der Waals surface area (Å²) in [6, 6.07) is 17.2. The number of sulfonamides is 1. The highest BCUT2D eigenvalue weighted by Crippen LogP contribution is 2.29. The Labute approximate surface area is 195 Å². The predicted octanol–water partition coefficient (Wildman–Crippen LogP) is 3.78. The lowest BCUT2D eigenvalue weighted by molar-refractivity contribution is -0.122. The number of para-hydroxylation sites is 1. The zero-order valence-electron chi connectivity index (χ0n) is 18.1. The van der Waals surface area contributed by atoms with Gasteiger partial charge in [0.25, 0.3) is 10.0 Å². The van der Waals surface area contributed by atoms with E-state index in [2.05, 4.69) is 5.32 Å². The van der Waals surface area contributed by atoms with Crippen molar-refractivity contribution in [3.8, 4) is 0 Å². The average molecular weight is 486 g/mol. The molecule has 1 heterocycles. The van der Waals surface area contributed by atoms with Crippen molar-refractivity contribution in [3.05, 3.63) is 84.4 Å². The Bertz CT molecular complexity index is 1350. The van der Waals surface area contributed by atoms with E-state index in [9.17, 15) is 26.8 Å². The molecule has 0 bridgehead atoms. The van der Waals surface area contributed by atoms with Gasteiger partial charge in [-0.3, -0.25) is 13.9 Å². The molecule has 0 aliphatic carbocycles. The van der Waals surface area contributed by atoms with Crippen LogP contribution in [-0.4, -0.2) is 33.8 Å². The normalized spacial score (nSPS) is 15.9. The van der Waals surface area contributed by atoms with Gasteiger partial charge in [0.15, 0.2) is 0 Å². The maximum absolute atomic E-state index is 14.1. The Kier molecular flexibility index (Phi) is 6.34. The second-order valence-electron chi connectivity index (χ2n) is 7.83. The number of anilines is 3. The van der Waals surface area contributed by atoms with Crippen molar-refractivity contribution in [2.45, 2.75) is 11.3 Å². The maximum atomic E-state index is 14.1. The number of amides is 2. The highest BCUT2D eigenvalue weighted by atomic mass is 32.2. The first-order chi connectivity index (χ1) is 16.2. The fourth-order valence-electron chi connectivity index (χ4n) is 3.73. The van der Waals surface area contributed by atoms with Crippen LogP contribution in [0.4, 0.5) is 25.8 Å². The molecule has 10 heteroatoms. The molecule has 0 spiro atoms. The SMILES string of the molecule is CN(c1ccccc1)S(=O)(=O)c1cccc(NC(=O)C2CC(=O)N(c3ccc(F)cc3F)C2)c1. The predicted molar refractivity (Wildman–Crippen MR) is 124 cm³/mol. The van der Waals surface area contributed by atoms with Crippen LogP contribution in [0.1, 0.15) is 6.42 Å². The van der Waals surface area contributed by atoms with Crippen LogP contribution in [-0.2, 0) is 19.6 Å². The molecule has 1 saturated heterocycles. The third-order valence-corrected chi connectivity index (χ3v) is 7.36. The van der Waals surface area contributed by atoms with Gasteiger partial charge in [0.05, 0.1) is 22.2 Å². The molecule has 1 N–H and O–H groups in total. The molecule has 34 heavy (non-hydrogen) atoms. The quantitative estimate of drug-likeness (QED) is 0.576. The van der Waals surface area contributed by atoms with Crippen LogP contribution < -0.4 is 14.5 Å². The van der Waals surface area contributed by atoms with Crippen LogP contribution >= 0.6 is 0 Å². The molecule has 4 rings (SSSR count). The Morgan fingerprint density at radius 3 is 2.47 bits per heavy atom. The minimum Gasteiger partial charge on any atom is -0.326 e. The van der Waals surface area contributed by atoms with E-state index in [0.717, 1.165) is 21.3 Å². The number of carbonyl (C=O) groups excluding carboxylic acids is 2. The molecule has 1 aliphatic heterocycles. The van der Waals surface area contributed by atoms with Crippen molar-refractivity contribution in [1.29, 1.82) is 0 Å². The van der Waals surface area contributed by atoms with Gasteiger partial charge in [0.2, 0.25) is 11.8 Å². The van der Waals surface area contributed by atoms with Gasteiger partial charge >= 0.3 is 0 Å². The van der Waals surface area contributed by atoms with E-state index >= 15 is 0 Å². The summed E-state index contributed by atoms with van der Waals surface area (Å²) in [5.41, 5.74) is 0.625. The van der Waals surface area contributed by atoms with Crippen LogP contribution in [0.25, 0.3) is 0 Å². The third-order valence-electron chi connectivity index (χ3n) is 5.58. The summed E-state index contributed by atoms with van der Waals surface area (Å²) < 4.78 is 54.5. The van der Waals surface area contributed by atoms with E-state index in [4.69, 9.17) is 0 Å². The van der Waals surface area contributed by atoms with Crippen LogP contribution in [0, 0.1) is 17.6 Å². The highest BCUT2D eigenvalue weighted by Gasteiger charge is 2.36.